The van der Waals surface area contributed by atoms with Crippen molar-refractivity contribution in [1.29, 1.82) is 0 Å². The molecule has 0 saturated carbocycles. The molecule has 1 fully saturated rings. The standard InChI is InChI=1S/C31H26F6N2O5/c1-17(31(35,36)37)38(15-18-3-6-22(32)7-4-18)27(40)16-39-28(41)30(44-29(39)42)10-9-20-11-19(5-8-23(20)30)12-21-13-25(34)26(43-2)14-24(21)33/h3-8,11,13-14,17H,9-10,12,15-16H2,1-2H3/t17-,30+/m0/s1. The van der Waals surface area contributed by atoms with Crippen LogP contribution in [0.15, 0.2) is 54.6 Å². The zero-order chi connectivity index (χ0) is 32.0. The van der Waals surface area contributed by atoms with Gasteiger partial charge >= 0.3 is 12.3 Å². The van der Waals surface area contributed by atoms with Crippen LogP contribution in [0, 0.1) is 17.5 Å². The Morgan fingerprint density at radius 3 is 2.36 bits per heavy atom. The van der Waals surface area contributed by atoms with E-state index in [1.807, 2.05) is 0 Å². The fraction of sp³-hybridized carbons (Fsp3) is 0.323. The van der Waals surface area contributed by atoms with Gasteiger partial charge in [0.2, 0.25) is 11.5 Å². The third-order valence-electron chi connectivity index (χ3n) is 7.96. The second-order valence-electron chi connectivity index (χ2n) is 10.7. The highest BCUT2D eigenvalue weighted by Crippen LogP contribution is 2.46. The Kier molecular flexibility index (Phi) is 8.08. The summed E-state index contributed by atoms with van der Waals surface area (Å²) in [6, 6.07) is 8.99. The summed E-state index contributed by atoms with van der Waals surface area (Å²) >= 11 is 0. The Bertz CT molecular complexity index is 1630. The Hall–Kier alpha value is -4.55. The number of aryl methyl sites for hydroxylation is 1. The first kappa shape index (κ1) is 30.9. The molecule has 0 aromatic heterocycles. The van der Waals surface area contributed by atoms with Gasteiger partial charge in [0.05, 0.1) is 7.11 Å². The molecule has 2 atom stereocenters. The Morgan fingerprint density at radius 2 is 1.70 bits per heavy atom. The number of hydrogen-bond acceptors (Lipinski definition) is 5. The lowest BCUT2D eigenvalue weighted by Crippen LogP contribution is -2.51. The van der Waals surface area contributed by atoms with Crippen molar-refractivity contribution in [3.63, 3.8) is 0 Å². The minimum atomic E-state index is -4.82. The number of rotatable bonds is 8. The smallest absolute Gasteiger partial charge is 0.418 e. The van der Waals surface area contributed by atoms with E-state index in [0.29, 0.717) is 26.5 Å². The van der Waals surface area contributed by atoms with Gasteiger partial charge in [-0.1, -0.05) is 30.3 Å². The Morgan fingerprint density at radius 1 is 1.02 bits per heavy atom. The molecule has 1 aliphatic carbocycles. The number of ether oxygens (including phenoxy) is 2. The van der Waals surface area contributed by atoms with Crippen molar-refractivity contribution in [2.75, 3.05) is 13.7 Å². The van der Waals surface area contributed by atoms with Gasteiger partial charge in [-0.05, 0) is 53.8 Å². The first-order valence-corrected chi connectivity index (χ1v) is 13.5. The van der Waals surface area contributed by atoms with Gasteiger partial charge in [0.25, 0.3) is 5.91 Å². The molecule has 44 heavy (non-hydrogen) atoms. The number of alkyl halides is 3. The summed E-state index contributed by atoms with van der Waals surface area (Å²) in [4.78, 5) is 40.6. The molecule has 3 aromatic rings. The first-order chi connectivity index (χ1) is 20.7. The second-order valence-corrected chi connectivity index (χ2v) is 10.7. The van der Waals surface area contributed by atoms with Crippen molar-refractivity contribution in [1.82, 2.24) is 9.80 Å². The van der Waals surface area contributed by atoms with Gasteiger partial charge in [0.1, 0.15) is 24.2 Å². The number of carbonyl (C=O) groups is 3. The van der Waals surface area contributed by atoms with E-state index >= 15 is 0 Å². The third-order valence-corrected chi connectivity index (χ3v) is 7.96. The lowest BCUT2D eigenvalue weighted by atomic mass is 9.93. The average Bonchev–Trinajstić information content (AvgIpc) is 3.45. The molecule has 0 N–H and O–H groups in total. The van der Waals surface area contributed by atoms with E-state index in [9.17, 15) is 40.7 Å². The van der Waals surface area contributed by atoms with E-state index in [-0.39, 0.29) is 36.1 Å². The maximum Gasteiger partial charge on any atom is 0.418 e. The monoisotopic (exact) mass is 620 g/mol. The van der Waals surface area contributed by atoms with Gasteiger partial charge in [-0.2, -0.15) is 13.2 Å². The van der Waals surface area contributed by atoms with E-state index in [1.54, 1.807) is 12.1 Å². The van der Waals surface area contributed by atoms with Crippen LogP contribution >= 0.6 is 0 Å². The number of imide groups is 1. The highest BCUT2D eigenvalue weighted by Gasteiger charge is 2.58. The highest BCUT2D eigenvalue weighted by atomic mass is 19.4. The second kappa shape index (κ2) is 11.5. The van der Waals surface area contributed by atoms with Crippen LogP contribution in [0.25, 0.3) is 0 Å². The molecule has 1 heterocycles. The Balaban J connectivity index is 1.36. The summed E-state index contributed by atoms with van der Waals surface area (Å²) in [5.41, 5.74) is 0.0334. The van der Waals surface area contributed by atoms with Crippen molar-refractivity contribution in [3.8, 4) is 5.75 Å². The number of amides is 3. The number of methoxy groups -OCH3 is 1. The lowest BCUT2D eigenvalue weighted by Gasteiger charge is -2.31. The summed E-state index contributed by atoms with van der Waals surface area (Å²) in [6.45, 7) is -0.785. The molecule has 232 valence electrons. The van der Waals surface area contributed by atoms with E-state index in [0.717, 1.165) is 31.2 Å². The van der Waals surface area contributed by atoms with Crippen LogP contribution in [0.1, 0.15) is 41.2 Å². The number of carbonyl (C=O) groups excluding carboxylic acids is 3. The van der Waals surface area contributed by atoms with Crippen molar-refractivity contribution in [2.45, 2.75) is 50.6 Å². The summed E-state index contributed by atoms with van der Waals surface area (Å²) in [7, 11) is 1.22. The zero-order valence-corrected chi connectivity index (χ0v) is 23.5. The molecular formula is C31H26F6N2O5. The van der Waals surface area contributed by atoms with Gasteiger partial charge in [-0.25, -0.2) is 22.9 Å². The molecule has 7 nitrogen and oxygen atoms in total. The zero-order valence-electron chi connectivity index (χ0n) is 23.5. The minimum absolute atomic E-state index is 0.0165. The normalized spacial score (nSPS) is 18.4. The maximum atomic E-state index is 14.5. The number of nitrogens with zero attached hydrogens (tertiary/aromatic N) is 2. The molecule has 0 bridgehead atoms. The first-order valence-electron chi connectivity index (χ1n) is 13.5. The number of hydrogen-bond donors (Lipinski definition) is 0. The number of halogens is 6. The molecule has 3 amide bonds. The molecule has 0 radical (unpaired) electrons. The lowest BCUT2D eigenvalue weighted by molar-refractivity contribution is -0.187. The maximum absolute atomic E-state index is 14.5. The molecule has 5 rings (SSSR count). The average molecular weight is 621 g/mol. The van der Waals surface area contributed by atoms with E-state index in [1.165, 1.54) is 25.3 Å². The topological polar surface area (TPSA) is 76.2 Å². The molecule has 13 heteroatoms. The molecule has 0 unspecified atom stereocenters. The van der Waals surface area contributed by atoms with Crippen molar-refractivity contribution in [2.24, 2.45) is 0 Å². The van der Waals surface area contributed by atoms with Crippen LogP contribution in [0.5, 0.6) is 5.75 Å². The SMILES string of the molecule is COc1cc(F)c(Cc2ccc3c(c2)CC[C@@]32OC(=O)N(CC(=O)N(Cc3ccc(F)cc3)[C@@H](C)C(F)(F)F)C2=O)cc1F. The number of benzene rings is 3. The van der Waals surface area contributed by atoms with Crippen LogP contribution in [-0.2, 0) is 39.3 Å². The van der Waals surface area contributed by atoms with Gasteiger partial charge in [-0.3, -0.25) is 9.59 Å². The van der Waals surface area contributed by atoms with Gasteiger partial charge in [0, 0.05) is 31.0 Å². The van der Waals surface area contributed by atoms with Crippen molar-refractivity contribution < 1.29 is 50.2 Å². The summed E-state index contributed by atoms with van der Waals surface area (Å²) in [6.07, 6.45) is -5.70. The fourth-order valence-corrected chi connectivity index (χ4v) is 5.53. The molecule has 2 aliphatic rings. The third kappa shape index (κ3) is 5.70. The number of fused-ring (bicyclic) bond motifs is 2. The molecule has 1 aliphatic heterocycles. The largest absolute Gasteiger partial charge is 0.494 e. The van der Waals surface area contributed by atoms with Crippen LogP contribution in [-0.4, -0.2) is 53.6 Å². The predicted octanol–water partition coefficient (Wildman–Crippen LogP) is 5.80. The van der Waals surface area contributed by atoms with Crippen LogP contribution in [0.2, 0.25) is 0 Å². The van der Waals surface area contributed by atoms with Gasteiger partial charge in [-0.15, -0.1) is 0 Å². The highest BCUT2D eigenvalue weighted by molar-refractivity contribution is 6.06. The Labute approximate surface area is 248 Å². The van der Waals surface area contributed by atoms with Crippen LogP contribution in [0.4, 0.5) is 31.1 Å². The predicted molar refractivity (Wildman–Crippen MR) is 143 cm³/mol. The molecule has 1 spiro atoms. The van der Waals surface area contributed by atoms with Crippen molar-refractivity contribution >= 4 is 17.9 Å². The van der Waals surface area contributed by atoms with Crippen LogP contribution < -0.4 is 4.74 Å². The van der Waals surface area contributed by atoms with Crippen molar-refractivity contribution in [3.05, 3.63) is 99.9 Å². The van der Waals surface area contributed by atoms with Gasteiger partial charge in [0.15, 0.2) is 11.6 Å². The minimum Gasteiger partial charge on any atom is -0.494 e. The quantitative estimate of drug-likeness (QED) is 0.298. The van der Waals surface area contributed by atoms with E-state index in [4.69, 9.17) is 9.47 Å². The summed E-state index contributed by atoms with van der Waals surface area (Å²) < 4.78 is 93.3. The molecule has 1 saturated heterocycles. The van der Waals surface area contributed by atoms with Crippen LogP contribution in [0.3, 0.4) is 0 Å². The van der Waals surface area contributed by atoms with E-state index in [2.05, 4.69) is 0 Å². The summed E-state index contributed by atoms with van der Waals surface area (Å²) in [5, 5.41) is 0. The summed E-state index contributed by atoms with van der Waals surface area (Å²) in [5.74, 6) is -4.32. The molecular weight excluding hydrogens is 594 g/mol. The fourth-order valence-electron chi connectivity index (χ4n) is 5.53. The van der Waals surface area contributed by atoms with E-state index < -0.39 is 66.3 Å². The van der Waals surface area contributed by atoms with Gasteiger partial charge < -0.3 is 14.4 Å². The molecule has 3 aromatic carbocycles.